The molecule has 35 heavy (non-hydrogen) atoms. The summed E-state index contributed by atoms with van der Waals surface area (Å²) in [7, 11) is 3.90. The van der Waals surface area contributed by atoms with E-state index in [1.54, 1.807) is 12.3 Å². The predicted molar refractivity (Wildman–Crippen MR) is 143 cm³/mol. The fraction of sp³-hybridized carbons (Fsp3) is 0.296. The van der Waals surface area contributed by atoms with Crippen LogP contribution < -0.4 is 10.6 Å². The van der Waals surface area contributed by atoms with Gasteiger partial charge in [-0.05, 0) is 68.8 Å². The Hall–Kier alpha value is -3.25. The Labute approximate surface area is 213 Å². The van der Waals surface area contributed by atoms with Gasteiger partial charge in [0, 0.05) is 53.3 Å². The third kappa shape index (κ3) is 6.45. The summed E-state index contributed by atoms with van der Waals surface area (Å²) in [5.41, 5.74) is 4.41. The number of halogens is 1. The first-order chi connectivity index (χ1) is 16.9. The largest absolute Gasteiger partial charge is 0.381 e. The van der Waals surface area contributed by atoms with Gasteiger partial charge in [-0.3, -0.25) is 9.78 Å². The van der Waals surface area contributed by atoms with E-state index in [9.17, 15) is 10.1 Å². The van der Waals surface area contributed by atoms with Crippen LogP contribution in [0.3, 0.4) is 0 Å². The van der Waals surface area contributed by atoms with Crippen molar-refractivity contribution in [3.05, 3.63) is 70.3 Å². The molecule has 7 nitrogen and oxygen atoms in total. The van der Waals surface area contributed by atoms with Crippen LogP contribution >= 0.6 is 15.9 Å². The number of hydrogen-bond donors (Lipinski definition) is 2. The molecule has 0 unspecified atom stereocenters. The molecule has 2 heterocycles. The first-order valence-electron chi connectivity index (χ1n) is 11.5. The third-order valence-electron chi connectivity index (χ3n) is 5.84. The van der Waals surface area contributed by atoms with Gasteiger partial charge in [0.05, 0.1) is 16.8 Å². The van der Waals surface area contributed by atoms with E-state index in [-0.39, 0.29) is 5.91 Å². The Bertz CT molecular complexity index is 1290. The van der Waals surface area contributed by atoms with E-state index in [1.165, 1.54) is 0 Å². The molecule has 1 atom stereocenters. The Morgan fingerprint density at radius 3 is 2.91 bits per heavy atom. The van der Waals surface area contributed by atoms with E-state index in [2.05, 4.69) is 37.6 Å². The number of nitrogens with zero attached hydrogens (tertiary/aromatic N) is 3. The maximum absolute atomic E-state index is 12.7. The number of benzene rings is 2. The van der Waals surface area contributed by atoms with E-state index in [0.717, 1.165) is 51.8 Å². The van der Waals surface area contributed by atoms with Crippen molar-refractivity contribution in [2.45, 2.75) is 12.8 Å². The molecule has 1 saturated heterocycles. The molecule has 0 spiro atoms. The molecule has 4 rings (SSSR count). The highest BCUT2D eigenvalue weighted by Crippen LogP contribution is 2.34. The topological polar surface area (TPSA) is 90.3 Å². The number of ether oxygens (including phenoxy) is 1. The van der Waals surface area contributed by atoms with E-state index in [0.29, 0.717) is 30.3 Å². The molecule has 1 aromatic heterocycles. The molecule has 8 heteroatoms. The van der Waals surface area contributed by atoms with Crippen LogP contribution in [-0.4, -0.2) is 49.6 Å². The van der Waals surface area contributed by atoms with Crippen LogP contribution in [0.4, 0.5) is 17.1 Å². The Kier molecular flexibility index (Phi) is 8.13. The minimum atomic E-state index is -0.194. The molecule has 0 bridgehead atoms. The molecular formula is C27H28BrN5O2. The number of fused-ring (bicyclic) bond motifs is 1. The second-order valence-corrected chi connectivity index (χ2v) is 9.82. The SMILES string of the molecule is CN(C)C/C=C/C(=O)Nc1cc2c(Nc3cccc(Br)c3)c(C#N)cnc2cc1C[C@H]1CCOC1. The minimum absolute atomic E-state index is 0.194. The maximum atomic E-state index is 12.7. The monoisotopic (exact) mass is 533 g/mol. The summed E-state index contributed by atoms with van der Waals surface area (Å²) in [5.74, 6) is 0.200. The molecule has 1 aliphatic heterocycles. The quantitative estimate of drug-likeness (QED) is 0.384. The zero-order valence-corrected chi connectivity index (χ0v) is 21.4. The van der Waals surface area contributed by atoms with E-state index in [1.807, 2.05) is 61.5 Å². The number of rotatable bonds is 8. The standard InChI is InChI=1S/C27H28BrN5O2/c1-33(2)9-4-7-26(34)32-24-14-23-25(12-19(24)11-18-8-10-35-17-18)30-16-20(15-29)27(23)31-22-6-3-5-21(28)13-22/h3-7,12-14,16,18H,8-11,17H2,1-2H3,(H,30,31)(H,32,34)/b7-4+/t18-/m1/s1. The van der Waals surface area contributed by atoms with Crippen LogP contribution in [0.15, 0.2) is 59.2 Å². The van der Waals surface area contributed by atoms with E-state index < -0.39 is 0 Å². The molecule has 2 N–H and O–H groups in total. The average molecular weight is 534 g/mol. The first-order valence-corrected chi connectivity index (χ1v) is 12.3. The lowest BCUT2D eigenvalue weighted by atomic mass is 9.95. The first kappa shape index (κ1) is 24.9. The van der Waals surface area contributed by atoms with Crippen LogP contribution in [0.2, 0.25) is 0 Å². The highest BCUT2D eigenvalue weighted by atomic mass is 79.9. The summed E-state index contributed by atoms with van der Waals surface area (Å²) < 4.78 is 6.50. The lowest BCUT2D eigenvalue weighted by Crippen LogP contribution is -2.14. The summed E-state index contributed by atoms with van der Waals surface area (Å²) in [6.45, 7) is 2.15. The molecule has 3 aromatic rings. The molecule has 1 aliphatic rings. The van der Waals surface area contributed by atoms with Crippen molar-refractivity contribution in [3.8, 4) is 6.07 Å². The average Bonchev–Trinajstić information content (AvgIpc) is 3.33. The molecule has 0 radical (unpaired) electrons. The predicted octanol–water partition coefficient (Wildman–Crippen LogP) is 5.25. The second-order valence-electron chi connectivity index (χ2n) is 8.91. The van der Waals surface area contributed by atoms with Gasteiger partial charge in [0.1, 0.15) is 6.07 Å². The number of carbonyl (C=O) groups is 1. The maximum Gasteiger partial charge on any atom is 0.248 e. The Balaban J connectivity index is 1.76. The minimum Gasteiger partial charge on any atom is -0.381 e. The van der Waals surface area contributed by atoms with Crippen molar-refractivity contribution in [2.75, 3.05) is 44.5 Å². The molecule has 0 saturated carbocycles. The van der Waals surface area contributed by atoms with E-state index >= 15 is 0 Å². The summed E-state index contributed by atoms with van der Waals surface area (Å²) >= 11 is 3.50. The van der Waals surface area contributed by atoms with Crippen molar-refractivity contribution in [1.82, 2.24) is 9.88 Å². The third-order valence-corrected chi connectivity index (χ3v) is 6.33. The number of likely N-dealkylation sites (N-methyl/N-ethyl adjacent to an activating group) is 1. The number of nitriles is 1. The van der Waals surface area contributed by atoms with Gasteiger partial charge >= 0.3 is 0 Å². The number of pyridine rings is 1. The normalized spacial score (nSPS) is 15.6. The fourth-order valence-corrected chi connectivity index (χ4v) is 4.50. The fourth-order valence-electron chi connectivity index (χ4n) is 4.10. The molecule has 2 aromatic carbocycles. The van der Waals surface area contributed by atoms with Gasteiger partial charge in [-0.2, -0.15) is 5.26 Å². The molecular weight excluding hydrogens is 506 g/mol. The summed E-state index contributed by atoms with van der Waals surface area (Å²) in [5, 5.41) is 17.0. The van der Waals surface area contributed by atoms with E-state index in [4.69, 9.17) is 4.74 Å². The van der Waals surface area contributed by atoms with Gasteiger partial charge in [0.25, 0.3) is 0 Å². The Morgan fingerprint density at radius 1 is 1.34 bits per heavy atom. The number of carbonyl (C=O) groups excluding carboxylic acids is 1. The number of amides is 1. The molecule has 0 aliphatic carbocycles. The van der Waals surface area contributed by atoms with Crippen LogP contribution in [-0.2, 0) is 16.0 Å². The summed E-state index contributed by atoms with van der Waals surface area (Å²) in [6, 6.07) is 13.9. The smallest absolute Gasteiger partial charge is 0.248 e. The highest BCUT2D eigenvalue weighted by Gasteiger charge is 2.20. The number of aromatic nitrogens is 1. The van der Waals surface area contributed by atoms with Crippen molar-refractivity contribution in [1.29, 1.82) is 5.26 Å². The van der Waals surface area contributed by atoms with Crippen molar-refractivity contribution in [2.24, 2.45) is 5.92 Å². The Morgan fingerprint density at radius 2 is 2.20 bits per heavy atom. The lowest BCUT2D eigenvalue weighted by Gasteiger charge is -2.17. The zero-order valence-electron chi connectivity index (χ0n) is 19.8. The summed E-state index contributed by atoms with van der Waals surface area (Å²) in [4.78, 5) is 19.3. The van der Waals surface area contributed by atoms with Crippen molar-refractivity contribution in [3.63, 3.8) is 0 Å². The van der Waals surface area contributed by atoms with Gasteiger partial charge in [-0.1, -0.05) is 28.1 Å². The van der Waals surface area contributed by atoms with Crippen LogP contribution in [0.25, 0.3) is 10.9 Å². The summed E-state index contributed by atoms with van der Waals surface area (Å²) in [6.07, 6.45) is 6.74. The van der Waals surface area contributed by atoms with Crippen molar-refractivity contribution >= 4 is 49.8 Å². The van der Waals surface area contributed by atoms with Crippen LogP contribution in [0, 0.1) is 17.2 Å². The van der Waals surface area contributed by atoms with Gasteiger partial charge in [0.15, 0.2) is 0 Å². The highest BCUT2D eigenvalue weighted by molar-refractivity contribution is 9.10. The van der Waals surface area contributed by atoms with Crippen molar-refractivity contribution < 1.29 is 9.53 Å². The number of hydrogen-bond acceptors (Lipinski definition) is 6. The zero-order chi connectivity index (χ0) is 24.8. The number of nitrogens with one attached hydrogen (secondary N) is 2. The molecule has 1 fully saturated rings. The van der Waals surface area contributed by atoms with Gasteiger partial charge in [-0.25, -0.2) is 0 Å². The van der Waals surface area contributed by atoms with Crippen LogP contribution in [0.1, 0.15) is 17.5 Å². The molecule has 180 valence electrons. The number of anilines is 3. The molecule has 1 amide bonds. The van der Waals surface area contributed by atoms with Gasteiger partial charge in [0.2, 0.25) is 5.91 Å². The lowest BCUT2D eigenvalue weighted by molar-refractivity contribution is -0.111. The van der Waals surface area contributed by atoms with Gasteiger partial charge in [-0.15, -0.1) is 0 Å². The second kappa shape index (κ2) is 11.5. The van der Waals surface area contributed by atoms with Crippen LogP contribution in [0.5, 0.6) is 0 Å². The van der Waals surface area contributed by atoms with Gasteiger partial charge < -0.3 is 20.3 Å².